The Labute approximate surface area is 252 Å². The molecule has 0 N–H and O–H groups in total. The third kappa shape index (κ3) is 4.08. The number of rotatable bonds is 4. The molecule has 0 saturated heterocycles. The molecule has 3 aromatic heterocycles. The van der Waals surface area contributed by atoms with Crippen molar-refractivity contribution in [1.29, 1.82) is 0 Å². The Morgan fingerprint density at radius 2 is 1.05 bits per heavy atom. The van der Waals surface area contributed by atoms with Gasteiger partial charge in [0, 0.05) is 27.3 Å². The number of para-hydroxylation sites is 2. The molecule has 0 saturated carbocycles. The van der Waals surface area contributed by atoms with E-state index in [4.69, 9.17) is 18.8 Å². The molecule has 44 heavy (non-hydrogen) atoms. The molecule has 0 fully saturated rings. The molecule has 0 bridgehead atoms. The number of nitrogens with zero attached hydrogens (tertiary/aromatic N) is 2. The summed E-state index contributed by atoms with van der Waals surface area (Å²) in [5.74, 6) is 1.31. The van der Waals surface area contributed by atoms with Crippen molar-refractivity contribution in [2.24, 2.45) is 0 Å². The second kappa shape index (κ2) is 9.79. The van der Waals surface area contributed by atoms with Gasteiger partial charge in [0.15, 0.2) is 11.6 Å². The van der Waals surface area contributed by atoms with Crippen molar-refractivity contribution in [1.82, 2.24) is 9.97 Å². The lowest BCUT2D eigenvalue weighted by atomic mass is 9.97. The second-order valence-electron chi connectivity index (χ2n) is 11.0. The molecule has 0 aliphatic rings. The molecular formula is C40H24N2O2. The fraction of sp³-hybridized carbons (Fsp3) is 0. The molecule has 0 radical (unpaired) electrons. The third-order valence-electron chi connectivity index (χ3n) is 8.32. The van der Waals surface area contributed by atoms with E-state index in [0.717, 1.165) is 61.0 Å². The van der Waals surface area contributed by atoms with Gasteiger partial charge < -0.3 is 8.83 Å². The molecule has 0 aliphatic carbocycles. The van der Waals surface area contributed by atoms with Gasteiger partial charge in [-0.05, 0) is 58.3 Å². The SMILES string of the molecule is c1ccc2oc(-c3cc(-c4ccc(-c5cccc6ccccc56)cc4)nc(-c4ccc5c(c4)oc4ccccc45)n3)cc2c1. The molecule has 9 rings (SSSR count). The summed E-state index contributed by atoms with van der Waals surface area (Å²) in [6.45, 7) is 0. The van der Waals surface area contributed by atoms with Gasteiger partial charge in [-0.15, -0.1) is 0 Å². The fourth-order valence-electron chi connectivity index (χ4n) is 6.12. The summed E-state index contributed by atoms with van der Waals surface area (Å²) in [6.07, 6.45) is 0. The Morgan fingerprint density at radius 3 is 1.91 bits per heavy atom. The standard InChI is InChI=1S/C40H24N2O2/c1-3-11-30-25(8-1)10-7-13-31(30)26-16-18-27(19-17-26)34-24-35(39-22-28-9-2-5-14-36(28)43-39)42-40(41-34)29-20-21-33-32-12-4-6-15-37(32)44-38(33)23-29/h1-24H. The van der Waals surface area contributed by atoms with Gasteiger partial charge in [-0.2, -0.15) is 0 Å². The van der Waals surface area contributed by atoms with Crippen molar-refractivity contribution in [2.45, 2.75) is 0 Å². The maximum absolute atomic E-state index is 6.26. The van der Waals surface area contributed by atoms with Crippen molar-refractivity contribution in [3.63, 3.8) is 0 Å². The average molecular weight is 565 g/mol. The van der Waals surface area contributed by atoms with Crippen molar-refractivity contribution in [3.8, 4) is 45.2 Å². The first-order chi connectivity index (χ1) is 21.8. The minimum atomic E-state index is 0.610. The van der Waals surface area contributed by atoms with Crippen molar-refractivity contribution < 1.29 is 8.83 Å². The highest BCUT2D eigenvalue weighted by molar-refractivity contribution is 6.05. The minimum absolute atomic E-state index is 0.610. The third-order valence-corrected chi connectivity index (χ3v) is 8.32. The van der Waals surface area contributed by atoms with Crippen LogP contribution in [0.4, 0.5) is 0 Å². The van der Waals surface area contributed by atoms with Crippen LogP contribution in [-0.4, -0.2) is 9.97 Å². The van der Waals surface area contributed by atoms with Crippen molar-refractivity contribution >= 4 is 43.7 Å². The van der Waals surface area contributed by atoms with Gasteiger partial charge in [0.25, 0.3) is 0 Å². The second-order valence-corrected chi connectivity index (χ2v) is 11.0. The van der Waals surface area contributed by atoms with E-state index in [1.165, 1.54) is 16.3 Å². The molecule has 0 atom stereocenters. The Balaban J connectivity index is 1.19. The summed E-state index contributed by atoms with van der Waals surface area (Å²) in [4.78, 5) is 10.1. The lowest BCUT2D eigenvalue weighted by Crippen LogP contribution is -1.95. The van der Waals surface area contributed by atoms with E-state index in [1.807, 2.05) is 60.7 Å². The Morgan fingerprint density at radius 1 is 0.386 bits per heavy atom. The van der Waals surface area contributed by atoms with E-state index >= 15 is 0 Å². The number of hydrogen-bond donors (Lipinski definition) is 0. The van der Waals surface area contributed by atoms with Crippen LogP contribution < -0.4 is 0 Å². The summed E-state index contributed by atoms with van der Waals surface area (Å²) in [7, 11) is 0. The van der Waals surface area contributed by atoms with Gasteiger partial charge in [-0.1, -0.05) is 109 Å². The van der Waals surface area contributed by atoms with E-state index in [1.54, 1.807) is 0 Å². The van der Waals surface area contributed by atoms with Crippen LogP contribution in [0, 0.1) is 0 Å². The van der Waals surface area contributed by atoms with E-state index < -0.39 is 0 Å². The quantitative estimate of drug-likeness (QED) is 0.213. The topological polar surface area (TPSA) is 52.1 Å². The number of hydrogen-bond acceptors (Lipinski definition) is 4. The molecule has 4 heteroatoms. The van der Waals surface area contributed by atoms with Gasteiger partial charge in [-0.3, -0.25) is 0 Å². The molecule has 0 aliphatic heterocycles. The molecule has 0 amide bonds. The van der Waals surface area contributed by atoms with Gasteiger partial charge in [-0.25, -0.2) is 9.97 Å². The van der Waals surface area contributed by atoms with Crippen LogP contribution in [-0.2, 0) is 0 Å². The van der Waals surface area contributed by atoms with Crippen molar-refractivity contribution in [2.75, 3.05) is 0 Å². The molecule has 0 spiro atoms. The van der Waals surface area contributed by atoms with Crippen LogP contribution in [0.15, 0.2) is 154 Å². The summed E-state index contributed by atoms with van der Waals surface area (Å²) in [5.41, 5.74) is 8.29. The highest BCUT2D eigenvalue weighted by Gasteiger charge is 2.16. The molecule has 6 aromatic carbocycles. The molecule has 4 nitrogen and oxygen atoms in total. The monoisotopic (exact) mass is 564 g/mol. The van der Waals surface area contributed by atoms with Crippen LogP contribution in [0.3, 0.4) is 0 Å². The summed E-state index contributed by atoms with van der Waals surface area (Å²) >= 11 is 0. The molecule has 3 heterocycles. The Kier molecular flexibility index (Phi) is 5.47. The minimum Gasteiger partial charge on any atom is -0.456 e. The van der Waals surface area contributed by atoms with Crippen LogP contribution in [0.5, 0.6) is 0 Å². The molecule has 0 unspecified atom stereocenters. The number of benzene rings is 6. The lowest BCUT2D eigenvalue weighted by Gasteiger charge is -2.10. The Bertz CT molecular complexity index is 2460. The van der Waals surface area contributed by atoms with E-state index in [9.17, 15) is 0 Å². The van der Waals surface area contributed by atoms with Gasteiger partial charge in [0.1, 0.15) is 22.4 Å². The predicted octanol–water partition coefficient (Wildman–Crippen LogP) is 10.9. The molecular weight excluding hydrogens is 540 g/mol. The maximum atomic E-state index is 6.26. The van der Waals surface area contributed by atoms with Gasteiger partial charge in [0.05, 0.1) is 5.69 Å². The molecule has 206 valence electrons. The van der Waals surface area contributed by atoms with Gasteiger partial charge >= 0.3 is 0 Å². The van der Waals surface area contributed by atoms with Crippen molar-refractivity contribution in [3.05, 3.63) is 146 Å². The fourth-order valence-corrected chi connectivity index (χ4v) is 6.12. The molecule has 9 aromatic rings. The highest BCUT2D eigenvalue weighted by Crippen LogP contribution is 2.35. The number of furan rings is 2. The summed E-state index contributed by atoms with van der Waals surface area (Å²) in [5, 5.41) is 5.67. The largest absolute Gasteiger partial charge is 0.456 e. The van der Waals surface area contributed by atoms with Crippen LogP contribution in [0.2, 0.25) is 0 Å². The maximum Gasteiger partial charge on any atom is 0.160 e. The first-order valence-corrected chi connectivity index (χ1v) is 14.7. The zero-order valence-corrected chi connectivity index (χ0v) is 23.6. The summed E-state index contributed by atoms with van der Waals surface area (Å²) in [6, 6.07) is 49.9. The number of fused-ring (bicyclic) bond motifs is 5. The lowest BCUT2D eigenvalue weighted by molar-refractivity contribution is 0.628. The van der Waals surface area contributed by atoms with E-state index in [0.29, 0.717) is 11.6 Å². The van der Waals surface area contributed by atoms with Crippen LogP contribution in [0.25, 0.3) is 88.9 Å². The van der Waals surface area contributed by atoms with Crippen LogP contribution >= 0.6 is 0 Å². The normalized spacial score (nSPS) is 11.6. The van der Waals surface area contributed by atoms with E-state index in [2.05, 4.69) is 84.9 Å². The zero-order chi connectivity index (χ0) is 29.0. The highest BCUT2D eigenvalue weighted by atomic mass is 16.3. The van der Waals surface area contributed by atoms with Gasteiger partial charge in [0.2, 0.25) is 0 Å². The number of aromatic nitrogens is 2. The predicted molar refractivity (Wildman–Crippen MR) is 178 cm³/mol. The zero-order valence-electron chi connectivity index (χ0n) is 23.6. The summed E-state index contributed by atoms with van der Waals surface area (Å²) < 4.78 is 12.5. The average Bonchev–Trinajstić information content (AvgIpc) is 3.69. The smallest absolute Gasteiger partial charge is 0.160 e. The van der Waals surface area contributed by atoms with Crippen LogP contribution in [0.1, 0.15) is 0 Å². The van der Waals surface area contributed by atoms with E-state index in [-0.39, 0.29) is 0 Å². The first-order valence-electron chi connectivity index (χ1n) is 14.7. The Hall–Kier alpha value is -6.00. The first kappa shape index (κ1) is 24.6.